The van der Waals surface area contributed by atoms with Crippen LogP contribution in [0.25, 0.3) is 17.0 Å². The molecule has 1 heterocycles. The molecule has 0 atom stereocenters. The van der Waals surface area contributed by atoms with Gasteiger partial charge in [-0.3, -0.25) is 4.72 Å². The minimum Gasteiger partial charge on any atom is -0.545 e. The summed E-state index contributed by atoms with van der Waals surface area (Å²) in [4.78, 5) is 22.7. The number of fused-ring (bicyclic) bond motifs is 1. The molecule has 13 heteroatoms. The van der Waals surface area contributed by atoms with Gasteiger partial charge >= 0.3 is 6.09 Å². The number of rotatable bonds is 6. The van der Waals surface area contributed by atoms with Crippen LogP contribution in [-0.4, -0.2) is 50.5 Å². The van der Waals surface area contributed by atoms with E-state index in [2.05, 4.69) is 9.82 Å². The van der Waals surface area contributed by atoms with Crippen molar-refractivity contribution in [3.8, 4) is 0 Å². The lowest BCUT2D eigenvalue weighted by molar-refractivity contribution is -0.297. The maximum atomic E-state index is 13.0. The van der Waals surface area contributed by atoms with E-state index >= 15 is 0 Å². The van der Waals surface area contributed by atoms with Gasteiger partial charge in [-0.05, 0) is 63.3 Å². The molecule has 3 rings (SSSR count). The zero-order chi connectivity index (χ0) is 26.2. The number of benzene rings is 2. The van der Waals surface area contributed by atoms with Gasteiger partial charge < -0.3 is 14.6 Å². The van der Waals surface area contributed by atoms with Crippen LogP contribution >= 0.6 is 0 Å². The van der Waals surface area contributed by atoms with E-state index in [0.29, 0.717) is 6.08 Å². The number of nitrogens with one attached hydrogen (secondary N) is 1. The van der Waals surface area contributed by atoms with Gasteiger partial charge in [-0.15, -0.1) is 0 Å². The van der Waals surface area contributed by atoms with Crippen LogP contribution in [0, 0.1) is 0 Å². The molecule has 0 bridgehead atoms. The predicted octanol–water partition coefficient (Wildman–Crippen LogP) is 1.79. The molecule has 0 aliphatic heterocycles. The predicted molar refractivity (Wildman–Crippen MR) is 126 cm³/mol. The van der Waals surface area contributed by atoms with Crippen LogP contribution in [0.15, 0.2) is 58.3 Å². The summed E-state index contributed by atoms with van der Waals surface area (Å²) in [7, 11) is -8.18. The third-order valence-electron chi connectivity index (χ3n) is 4.44. The molecule has 1 N–H and O–H groups in total. The summed E-state index contributed by atoms with van der Waals surface area (Å²) >= 11 is 0. The Labute approximate surface area is 202 Å². The van der Waals surface area contributed by atoms with Crippen molar-refractivity contribution in [3.63, 3.8) is 0 Å². The molecule has 0 spiro atoms. The largest absolute Gasteiger partial charge is 0.545 e. The summed E-state index contributed by atoms with van der Waals surface area (Å²) in [5.41, 5.74) is -0.559. The van der Waals surface area contributed by atoms with E-state index < -0.39 is 42.4 Å². The van der Waals surface area contributed by atoms with Crippen molar-refractivity contribution in [3.05, 3.63) is 54.2 Å². The van der Waals surface area contributed by atoms with Crippen molar-refractivity contribution in [2.45, 2.75) is 36.2 Å². The van der Waals surface area contributed by atoms with E-state index in [4.69, 9.17) is 4.74 Å². The number of ether oxygens (including phenoxy) is 1. The van der Waals surface area contributed by atoms with Crippen molar-refractivity contribution in [1.29, 1.82) is 0 Å². The molecular weight excluding hydrogens is 498 g/mol. The number of nitrogens with zero attached hydrogens (tertiary/aromatic N) is 2. The minimum absolute atomic E-state index is 0.0210. The highest BCUT2D eigenvalue weighted by Crippen LogP contribution is 2.28. The van der Waals surface area contributed by atoms with Crippen molar-refractivity contribution in [2.75, 3.05) is 11.0 Å². The Balaban J connectivity index is 2.11. The molecule has 2 aromatic carbocycles. The van der Waals surface area contributed by atoms with E-state index in [9.17, 15) is 31.5 Å². The molecule has 1 aromatic heterocycles. The molecule has 11 nitrogen and oxygen atoms in total. The normalized spacial score (nSPS) is 12.7. The summed E-state index contributed by atoms with van der Waals surface area (Å²) in [6.45, 7) is 4.98. The molecule has 3 aromatic rings. The molecule has 0 aliphatic rings. The fourth-order valence-electron chi connectivity index (χ4n) is 3.11. The molecule has 0 saturated heterocycles. The molecule has 186 valence electrons. The summed E-state index contributed by atoms with van der Waals surface area (Å²) in [5.74, 6) is -1.50. The summed E-state index contributed by atoms with van der Waals surface area (Å²) in [6.07, 6.45) is 1.87. The highest BCUT2D eigenvalue weighted by atomic mass is 32.2. The van der Waals surface area contributed by atoms with Gasteiger partial charge in [0.15, 0.2) is 9.84 Å². The third-order valence-corrected chi connectivity index (χ3v) is 7.17. The van der Waals surface area contributed by atoms with Gasteiger partial charge in [0.25, 0.3) is 10.0 Å². The van der Waals surface area contributed by atoms with Gasteiger partial charge in [0, 0.05) is 17.3 Å². The number of sulfonamides is 1. The molecular formula is C22H22N3O8S2-. The van der Waals surface area contributed by atoms with Gasteiger partial charge in [-0.1, -0.05) is 12.1 Å². The summed E-state index contributed by atoms with van der Waals surface area (Å²) < 4.78 is 58.7. The van der Waals surface area contributed by atoms with E-state index in [0.717, 1.165) is 23.1 Å². The molecule has 0 radical (unpaired) electrons. The maximum absolute atomic E-state index is 13.0. The van der Waals surface area contributed by atoms with Gasteiger partial charge in [0.2, 0.25) is 0 Å². The first kappa shape index (κ1) is 25.9. The zero-order valence-electron chi connectivity index (χ0n) is 19.2. The molecule has 0 aliphatic carbocycles. The van der Waals surface area contributed by atoms with Crippen LogP contribution in [0.2, 0.25) is 0 Å². The summed E-state index contributed by atoms with van der Waals surface area (Å²) in [5, 5.41) is 15.2. The standard InChI is InChI=1S/C22H23N3O8S2/c1-22(2,3)33-21(28)25-17-11-9-14(13-15(17)16(23-25)10-12-20(26)27)24-35(31,32)19-8-6-5-7-18(19)34(4,29)30/h5-13,24H,1-4H3,(H,26,27)/p-1/b12-10+. The van der Waals surface area contributed by atoms with Crippen LogP contribution in [0.3, 0.4) is 0 Å². The Bertz CT molecular complexity index is 1560. The van der Waals surface area contributed by atoms with Gasteiger partial charge in [0.1, 0.15) is 10.5 Å². The van der Waals surface area contributed by atoms with Gasteiger partial charge in [-0.2, -0.15) is 9.78 Å². The molecule has 0 amide bonds. The topological polar surface area (TPSA) is 165 Å². The van der Waals surface area contributed by atoms with Crippen molar-refractivity contribution >= 4 is 54.6 Å². The second-order valence-electron chi connectivity index (χ2n) is 8.49. The Kier molecular flexibility index (Phi) is 6.77. The van der Waals surface area contributed by atoms with E-state index in [-0.39, 0.29) is 27.2 Å². The average Bonchev–Trinajstić information content (AvgIpc) is 3.08. The van der Waals surface area contributed by atoms with Gasteiger partial charge in [0.05, 0.1) is 22.1 Å². The van der Waals surface area contributed by atoms with Crippen LogP contribution in [-0.2, 0) is 29.4 Å². The Morgan fingerprint density at radius 2 is 1.69 bits per heavy atom. The van der Waals surface area contributed by atoms with E-state index in [1.165, 1.54) is 36.4 Å². The average molecular weight is 521 g/mol. The van der Waals surface area contributed by atoms with Crippen molar-refractivity contribution < 1.29 is 36.3 Å². The lowest BCUT2D eigenvalue weighted by Gasteiger charge is -2.19. The summed E-state index contributed by atoms with van der Waals surface area (Å²) in [6, 6.07) is 9.20. The number of aliphatic carboxylic acids is 1. The first-order valence-electron chi connectivity index (χ1n) is 10.1. The zero-order valence-corrected chi connectivity index (χ0v) is 20.8. The smallest absolute Gasteiger partial charge is 0.435 e. The number of aromatic nitrogens is 2. The Hall–Kier alpha value is -3.71. The number of hydrogen-bond donors (Lipinski definition) is 1. The molecule has 0 saturated carbocycles. The number of hydrogen-bond acceptors (Lipinski definition) is 9. The molecule has 0 fully saturated rings. The van der Waals surface area contributed by atoms with E-state index in [1.54, 1.807) is 20.8 Å². The van der Waals surface area contributed by atoms with Crippen LogP contribution in [0.1, 0.15) is 26.5 Å². The van der Waals surface area contributed by atoms with E-state index in [1.807, 2.05) is 0 Å². The highest BCUT2D eigenvalue weighted by molar-refractivity contribution is 7.95. The van der Waals surface area contributed by atoms with Gasteiger partial charge in [-0.25, -0.2) is 21.6 Å². The van der Waals surface area contributed by atoms with Crippen LogP contribution < -0.4 is 9.83 Å². The lowest BCUT2D eigenvalue weighted by atomic mass is 10.2. The number of carboxylic acid groups (broad SMARTS) is 1. The van der Waals surface area contributed by atoms with Crippen LogP contribution in [0.5, 0.6) is 0 Å². The second-order valence-corrected chi connectivity index (χ2v) is 12.1. The second kappa shape index (κ2) is 9.15. The SMILES string of the molecule is CC(C)(C)OC(=O)n1nc(/C=C/C(=O)[O-])c2cc(NS(=O)(=O)c3ccccc3S(C)(=O)=O)ccc21. The fraction of sp³-hybridized carbons (Fsp3) is 0.227. The highest BCUT2D eigenvalue weighted by Gasteiger charge is 2.25. The molecule has 35 heavy (non-hydrogen) atoms. The Morgan fingerprint density at radius 3 is 2.26 bits per heavy atom. The van der Waals surface area contributed by atoms with Crippen molar-refractivity contribution in [1.82, 2.24) is 9.78 Å². The first-order chi connectivity index (χ1) is 16.1. The number of anilines is 1. The van der Waals surface area contributed by atoms with Crippen molar-refractivity contribution in [2.24, 2.45) is 0 Å². The number of sulfone groups is 1. The lowest BCUT2D eigenvalue weighted by Crippen LogP contribution is -2.27. The monoisotopic (exact) mass is 520 g/mol. The third kappa shape index (κ3) is 6.05. The molecule has 0 unspecified atom stereocenters. The van der Waals surface area contributed by atoms with Crippen LogP contribution in [0.4, 0.5) is 10.5 Å². The Morgan fingerprint density at radius 1 is 1.06 bits per heavy atom. The number of carbonyl (C=O) groups is 2. The number of carboxylic acids is 1. The number of carbonyl (C=O) groups excluding carboxylic acids is 2. The fourth-order valence-corrected chi connectivity index (χ4v) is 5.79. The maximum Gasteiger partial charge on any atom is 0.435 e. The first-order valence-corrected chi connectivity index (χ1v) is 13.4. The minimum atomic E-state index is -4.34. The quantitative estimate of drug-likeness (QED) is 0.477.